The number of aromatic nitrogens is 3. The fourth-order valence-corrected chi connectivity index (χ4v) is 4.27. The summed E-state index contributed by atoms with van der Waals surface area (Å²) in [6.45, 7) is 2.35. The van der Waals surface area contributed by atoms with E-state index in [9.17, 15) is 9.59 Å². The zero-order valence-corrected chi connectivity index (χ0v) is 16.3. The van der Waals surface area contributed by atoms with Crippen LogP contribution in [0.4, 0.5) is 0 Å². The van der Waals surface area contributed by atoms with Crippen LogP contribution in [0.2, 0.25) is 0 Å². The number of hydrogen-bond acceptors (Lipinski definition) is 4. The maximum absolute atomic E-state index is 12.7. The number of nitrogens with zero attached hydrogens (tertiary/aromatic N) is 5. The molecule has 0 N–H and O–H groups in total. The smallest absolute Gasteiger partial charge is 0.242 e. The lowest BCUT2D eigenvalue weighted by molar-refractivity contribution is -0.139. The number of carbonyl (C=O) groups is 2. The summed E-state index contributed by atoms with van der Waals surface area (Å²) >= 11 is 0. The standard InChI is InChI=1S/C21H27N5O2/c1-24-15-22-23-19(24)11-16-7-9-25(10-8-16)21(28)14-26-13-18(12-20(26)27)17-5-3-2-4-6-17/h2-6,15-16,18H,7-14H2,1H3/t18-/m1/s1. The molecule has 7 heteroatoms. The minimum Gasteiger partial charge on any atom is -0.341 e. The van der Waals surface area contributed by atoms with Gasteiger partial charge in [-0.1, -0.05) is 30.3 Å². The van der Waals surface area contributed by atoms with Gasteiger partial charge in [0.1, 0.15) is 12.2 Å². The Kier molecular flexibility index (Phi) is 5.41. The largest absolute Gasteiger partial charge is 0.341 e. The highest BCUT2D eigenvalue weighted by atomic mass is 16.2. The minimum atomic E-state index is 0.0687. The van der Waals surface area contributed by atoms with Gasteiger partial charge in [-0.15, -0.1) is 10.2 Å². The predicted octanol–water partition coefficient (Wildman–Crippen LogP) is 1.61. The molecule has 28 heavy (non-hydrogen) atoms. The summed E-state index contributed by atoms with van der Waals surface area (Å²) in [6, 6.07) is 10.1. The summed E-state index contributed by atoms with van der Waals surface area (Å²) in [4.78, 5) is 28.7. The van der Waals surface area contributed by atoms with Crippen LogP contribution in [0.3, 0.4) is 0 Å². The van der Waals surface area contributed by atoms with Crippen LogP contribution in [0.25, 0.3) is 0 Å². The van der Waals surface area contributed by atoms with Gasteiger partial charge in [0.15, 0.2) is 0 Å². The van der Waals surface area contributed by atoms with Gasteiger partial charge in [-0.2, -0.15) is 0 Å². The average Bonchev–Trinajstić information content (AvgIpc) is 3.29. The SMILES string of the molecule is Cn1cnnc1CC1CCN(C(=O)CN2C[C@H](c3ccccc3)CC2=O)CC1. The lowest BCUT2D eigenvalue weighted by Crippen LogP contribution is -2.44. The van der Waals surface area contributed by atoms with E-state index in [0.29, 0.717) is 18.9 Å². The number of piperidine rings is 1. The van der Waals surface area contributed by atoms with Crippen molar-refractivity contribution in [1.82, 2.24) is 24.6 Å². The van der Waals surface area contributed by atoms with Gasteiger partial charge in [0.25, 0.3) is 0 Å². The first kappa shape index (κ1) is 18.7. The molecule has 2 aromatic rings. The zero-order valence-electron chi connectivity index (χ0n) is 16.3. The predicted molar refractivity (Wildman–Crippen MR) is 104 cm³/mol. The lowest BCUT2D eigenvalue weighted by Gasteiger charge is -2.33. The molecule has 0 saturated carbocycles. The summed E-state index contributed by atoms with van der Waals surface area (Å²) in [6.07, 6.45) is 5.07. The number of likely N-dealkylation sites (tertiary alicyclic amines) is 2. The summed E-state index contributed by atoms with van der Waals surface area (Å²) in [5.41, 5.74) is 1.18. The molecular weight excluding hydrogens is 354 g/mol. The molecule has 3 heterocycles. The van der Waals surface area contributed by atoms with Crippen molar-refractivity contribution in [3.8, 4) is 0 Å². The van der Waals surface area contributed by atoms with Crippen molar-refractivity contribution in [3.05, 3.63) is 48.0 Å². The van der Waals surface area contributed by atoms with Crippen molar-refractivity contribution in [2.24, 2.45) is 13.0 Å². The third kappa shape index (κ3) is 4.08. The molecule has 0 spiro atoms. The van der Waals surface area contributed by atoms with Crippen molar-refractivity contribution in [1.29, 1.82) is 0 Å². The summed E-state index contributed by atoms with van der Waals surface area (Å²) < 4.78 is 1.96. The number of carbonyl (C=O) groups excluding carboxylic acids is 2. The Bertz CT molecular complexity index is 826. The quantitative estimate of drug-likeness (QED) is 0.789. The first-order valence-electron chi connectivity index (χ1n) is 10.0. The lowest BCUT2D eigenvalue weighted by atomic mass is 9.93. The molecule has 0 unspecified atom stereocenters. The highest BCUT2D eigenvalue weighted by Crippen LogP contribution is 2.28. The molecule has 0 aliphatic carbocycles. The van der Waals surface area contributed by atoms with E-state index in [2.05, 4.69) is 22.3 Å². The number of amides is 2. The summed E-state index contributed by atoms with van der Waals surface area (Å²) in [5, 5.41) is 8.09. The second-order valence-electron chi connectivity index (χ2n) is 7.97. The van der Waals surface area contributed by atoms with E-state index in [1.54, 1.807) is 11.2 Å². The molecule has 1 aromatic heterocycles. The monoisotopic (exact) mass is 381 g/mol. The van der Waals surface area contributed by atoms with Gasteiger partial charge in [-0.05, 0) is 24.3 Å². The Morgan fingerprint density at radius 2 is 1.93 bits per heavy atom. The van der Waals surface area contributed by atoms with E-state index in [4.69, 9.17) is 0 Å². The van der Waals surface area contributed by atoms with Crippen LogP contribution in [0.1, 0.15) is 36.6 Å². The molecule has 2 amide bonds. The average molecular weight is 381 g/mol. The van der Waals surface area contributed by atoms with Gasteiger partial charge >= 0.3 is 0 Å². The summed E-state index contributed by atoms with van der Waals surface area (Å²) in [7, 11) is 1.96. The first-order valence-corrected chi connectivity index (χ1v) is 10.0. The number of benzene rings is 1. The molecule has 2 fully saturated rings. The maximum Gasteiger partial charge on any atom is 0.242 e. The van der Waals surface area contributed by atoms with Gasteiger partial charge < -0.3 is 14.4 Å². The van der Waals surface area contributed by atoms with Crippen molar-refractivity contribution < 1.29 is 9.59 Å². The minimum absolute atomic E-state index is 0.0687. The Labute approximate surface area is 165 Å². The van der Waals surface area contributed by atoms with Crippen molar-refractivity contribution >= 4 is 11.8 Å². The third-order valence-corrected chi connectivity index (χ3v) is 6.06. The summed E-state index contributed by atoms with van der Waals surface area (Å²) in [5.74, 6) is 1.87. The van der Waals surface area contributed by atoms with Crippen LogP contribution < -0.4 is 0 Å². The van der Waals surface area contributed by atoms with Crippen LogP contribution in [-0.2, 0) is 23.1 Å². The van der Waals surface area contributed by atoms with Gasteiger partial charge in [-0.3, -0.25) is 9.59 Å². The molecule has 1 atom stereocenters. The van der Waals surface area contributed by atoms with E-state index in [1.165, 1.54) is 5.56 Å². The Morgan fingerprint density at radius 3 is 2.61 bits per heavy atom. The Balaban J connectivity index is 1.27. The first-order chi connectivity index (χ1) is 13.6. The topological polar surface area (TPSA) is 71.3 Å². The normalized spacial score (nSPS) is 20.8. The second kappa shape index (κ2) is 8.12. The second-order valence-corrected chi connectivity index (χ2v) is 7.97. The highest BCUT2D eigenvalue weighted by Gasteiger charge is 2.33. The molecule has 2 saturated heterocycles. The molecule has 4 rings (SSSR count). The van der Waals surface area contributed by atoms with E-state index in [1.807, 2.05) is 34.7 Å². The van der Waals surface area contributed by atoms with E-state index < -0.39 is 0 Å². The molecule has 2 aliphatic rings. The highest BCUT2D eigenvalue weighted by molar-refractivity contribution is 5.86. The fraction of sp³-hybridized carbons (Fsp3) is 0.524. The van der Waals surface area contributed by atoms with Crippen LogP contribution >= 0.6 is 0 Å². The van der Waals surface area contributed by atoms with Gasteiger partial charge in [0, 0.05) is 45.4 Å². The fourth-order valence-electron chi connectivity index (χ4n) is 4.27. The van der Waals surface area contributed by atoms with E-state index in [0.717, 1.165) is 38.2 Å². The van der Waals surface area contributed by atoms with Crippen molar-refractivity contribution in [2.45, 2.75) is 31.6 Å². The maximum atomic E-state index is 12.7. The number of aryl methyl sites for hydroxylation is 1. The molecular formula is C21H27N5O2. The molecule has 1 aromatic carbocycles. The van der Waals surface area contributed by atoms with Crippen LogP contribution in [0, 0.1) is 5.92 Å². The van der Waals surface area contributed by atoms with E-state index >= 15 is 0 Å². The van der Waals surface area contributed by atoms with Crippen molar-refractivity contribution in [3.63, 3.8) is 0 Å². The Morgan fingerprint density at radius 1 is 1.18 bits per heavy atom. The van der Waals surface area contributed by atoms with Crippen LogP contribution in [0.15, 0.2) is 36.7 Å². The van der Waals surface area contributed by atoms with Crippen molar-refractivity contribution in [2.75, 3.05) is 26.2 Å². The van der Waals surface area contributed by atoms with Gasteiger partial charge in [0.2, 0.25) is 11.8 Å². The molecule has 7 nitrogen and oxygen atoms in total. The molecule has 2 aliphatic heterocycles. The van der Waals surface area contributed by atoms with Crippen LogP contribution in [0.5, 0.6) is 0 Å². The molecule has 148 valence electrons. The molecule has 0 radical (unpaired) electrons. The van der Waals surface area contributed by atoms with E-state index in [-0.39, 0.29) is 24.3 Å². The zero-order chi connectivity index (χ0) is 19.5. The van der Waals surface area contributed by atoms with Gasteiger partial charge in [0.05, 0.1) is 6.54 Å². The number of hydrogen-bond donors (Lipinski definition) is 0. The Hall–Kier alpha value is -2.70. The third-order valence-electron chi connectivity index (χ3n) is 6.06. The van der Waals surface area contributed by atoms with Gasteiger partial charge in [-0.25, -0.2) is 0 Å². The molecule has 0 bridgehead atoms. The van der Waals surface area contributed by atoms with Crippen LogP contribution in [-0.4, -0.2) is 62.6 Å². The number of rotatable bonds is 5.